The van der Waals surface area contributed by atoms with Crippen LogP contribution in [-0.2, 0) is 47.0 Å². The van der Waals surface area contributed by atoms with Gasteiger partial charge in [-0.15, -0.1) is 0 Å². The fraction of sp³-hybridized carbons (Fsp3) is 0.513. The third-order valence-electron chi connectivity index (χ3n) is 9.48. The van der Waals surface area contributed by atoms with Crippen molar-refractivity contribution < 1.29 is 42.0 Å². The standard InChI is InChI=1S/C39H52N2O9S/c1-5-48-29(3)25-47-26-30-9-12-32(13-10-30)35-22-33(23-39(42)43)41(51(44,45)34-14-7-28(2)8-15-34)24-38(35)50-27-31-11-16-37-36(21-31)40(18-20-49-37)17-6-19-46-4/h7-16,21,29,33,35,38H,5-6,17-20,22-27H2,1-4H3,(H,42,43)/t29?,33-,35-,38+/m1/s1. The van der Waals surface area contributed by atoms with Gasteiger partial charge >= 0.3 is 5.97 Å². The molecule has 0 amide bonds. The van der Waals surface area contributed by atoms with Gasteiger partial charge < -0.3 is 33.7 Å². The lowest BCUT2D eigenvalue weighted by molar-refractivity contribution is -0.138. The molecule has 0 spiro atoms. The second kappa shape index (κ2) is 18.3. The first kappa shape index (κ1) is 38.7. The summed E-state index contributed by atoms with van der Waals surface area (Å²) in [5.41, 5.74) is 4.81. The lowest BCUT2D eigenvalue weighted by atomic mass is 9.83. The molecule has 3 aromatic carbocycles. The van der Waals surface area contributed by atoms with Gasteiger partial charge in [-0.1, -0.05) is 48.0 Å². The minimum Gasteiger partial charge on any atom is -0.490 e. The normalized spacial score (nSPS) is 20.1. The van der Waals surface area contributed by atoms with E-state index in [-0.39, 0.29) is 42.9 Å². The molecule has 2 heterocycles. The zero-order valence-corrected chi connectivity index (χ0v) is 31.0. The maximum absolute atomic E-state index is 14.1. The zero-order chi connectivity index (χ0) is 36.4. The van der Waals surface area contributed by atoms with Crippen molar-refractivity contribution >= 4 is 21.7 Å². The quantitative estimate of drug-likeness (QED) is 0.162. The van der Waals surface area contributed by atoms with Crippen LogP contribution in [0.3, 0.4) is 0 Å². The molecule has 2 aliphatic heterocycles. The maximum Gasteiger partial charge on any atom is 0.304 e. The number of sulfonamides is 1. The van der Waals surface area contributed by atoms with Crippen molar-refractivity contribution in [3.8, 4) is 5.75 Å². The summed E-state index contributed by atoms with van der Waals surface area (Å²) < 4.78 is 58.9. The summed E-state index contributed by atoms with van der Waals surface area (Å²) in [6.45, 7) is 10.5. The largest absolute Gasteiger partial charge is 0.490 e. The number of carbonyl (C=O) groups is 1. The summed E-state index contributed by atoms with van der Waals surface area (Å²) in [7, 11) is -2.32. The first-order valence-electron chi connectivity index (χ1n) is 17.8. The summed E-state index contributed by atoms with van der Waals surface area (Å²) >= 11 is 0. The molecular weight excluding hydrogens is 673 g/mol. The van der Waals surface area contributed by atoms with Gasteiger partial charge in [0.2, 0.25) is 10.0 Å². The molecule has 1 fully saturated rings. The average Bonchev–Trinajstić information content (AvgIpc) is 3.11. The first-order chi connectivity index (χ1) is 24.6. The van der Waals surface area contributed by atoms with Crippen LogP contribution in [0.5, 0.6) is 5.75 Å². The number of carboxylic acids is 1. The number of hydrogen-bond donors (Lipinski definition) is 1. The zero-order valence-electron chi connectivity index (χ0n) is 30.2. The first-order valence-corrected chi connectivity index (χ1v) is 19.2. The molecule has 4 atom stereocenters. The summed E-state index contributed by atoms with van der Waals surface area (Å²) in [6.07, 6.45) is 0.313. The van der Waals surface area contributed by atoms with Crippen molar-refractivity contribution in [2.45, 2.75) is 82.3 Å². The Labute approximate surface area is 302 Å². The van der Waals surface area contributed by atoms with Crippen molar-refractivity contribution in [1.29, 1.82) is 0 Å². The lowest BCUT2D eigenvalue weighted by Gasteiger charge is -2.43. The number of carboxylic acid groups (broad SMARTS) is 1. The molecule has 1 unspecified atom stereocenters. The van der Waals surface area contributed by atoms with E-state index in [4.69, 9.17) is 23.7 Å². The molecule has 278 valence electrons. The molecule has 0 aliphatic carbocycles. The van der Waals surface area contributed by atoms with Crippen LogP contribution < -0.4 is 9.64 Å². The topological polar surface area (TPSA) is 124 Å². The van der Waals surface area contributed by atoms with E-state index in [1.54, 1.807) is 31.4 Å². The van der Waals surface area contributed by atoms with Gasteiger partial charge in [-0.05, 0) is 74.6 Å². The molecule has 1 saturated heterocycles. The highest BCUT2D eigenvalue weighted by atomic mass is 32.2. The van der Waals surface area contributed by atoms with E-state index in [1.807, 2.05) is 57.2 Å². The fourth-order valence-electron chi connectivity index (χ4n) is 6.84. The number of hydrogen-bond acceptors (Lipinski definition) is 9. The van der Waals surface area contributed by atoms with Crippen molar-refractivity contribution in [3.05, 3.63) is 89.0 Å². The predicted molar refractivity (Wildman–Crippen MR) is 195 cm³/mol. The number of methoxy groups -OCH3 is 1. The van der Waals surface area contributed by atoms with Gasteiger partial charge in [0.25, 0.3) is 0 Å². The summed E-state index contributed by atoms with van der Waals surface area (Å²) in [4.78, 5) is 14.5. The second-order valence-corrected chi connectivity index (χ2v) is 15.2. The Hall–Kier alpha value is -3.52. The molecular formula is C39H52N2O9S. The fourth-order valence-corrected chi connectivity index (χ4v) is 8.49. The summed E-state index contributed by atoms with van der Waals surface area (Å²) in [6, 6.07) is 19.9. The van der Waals surface area contributed by atoms with Crippen LogP contribution in [-0.4, -0.2) is 95.2 Å². The third-order valence-corrected chi connectivity index (χ3v) is 11.4. The highest BCUT2D eigenvalue weighted by Gasteiger charge is 2.43. The summed E-state index contributed by atoms with van der Waals surface area (Å²) in [5.74, 6) is -0.484. The lowest BCUT2D eigenvalue weighted by Crippen LogP contribution is -2.52. The van der Waals surface area contributed by atoms with Gasteiger partial charge in [0.05, 0.1) is 55.6 Å². The molecule has 0 bridgehead atoms. The number of ether oxygens (including phenoxy) is 5. The van der Waals surface area contributed by atoms with E-state index in [0.717, 1.165) is 53.2 Å². The highest BCUT2D eigenvalue weighted by molar-refractivity contribution is 7.89. The molecule has 12 heteroatoms. The summed E-state index contributed by atoms with van der Waals surface area (Å²) in [5, 5.41) is 9.91. The Morgan fingerprint density at radius 1 is 1.04 bits per heavy atom. The molecule has 51 heavy (non-hydrogen) atoms. The van der Waals surface area contributed by atoms with Gasteiger partial charge in [0, 0.05) is 45.4 Å². The van der Waals surface area contributed by atoms with Gasteiger partial charge in [-0.3, -0.25) is 4.79 Å². The van der Waals surface area contributed by atoms with E-state index in [2.05, 4.69) is 11.0 Å². The molecule has 0 aromatic heterocycles. The predicted octanol–water partition coefficient (Wildman–Crippen LogP) is 5.78. The minimum atomic E-state index is -4.02. The number of benzene rings is 3. The SMILES string of the molecule is CCOC(C)COCc1ccc([C@H]2C[C@H](CC(=O)O)N(S(=O)(=O)c3ccc(C)cc3)C[C@@H]2OCc2ccc3c(c2)N(CCCOC)CCO3)cc1. The van der Waals surface area contributed by atoms with Crippen LogP contribution in [0.25, 0.3) is 0 Å². The number of anilines is 1. The van der Waals surface area contributed by atoms with Crippen LogP contribution in [0, 0.1) is 6.92 Å². The average molecular weight is 725 g/mol. The molecule has 5 rings (SSSR count). The van der Waals surface area contributed by atoms with Gasteiger partial charge in [-0.25, -0.2) is 8.42 Å². The van der Waals surface area contributed by atoms with Crippen LogP contribution in [0.1, 0.15) is 61.3 Å². The highest BCUT2D eigenvalue weighted by Crippen LogP contribution is 2.39. The number of piperidine rings is 1. The van der Waals surface area contributed by atoms with Crippen LogP contribution in [0.15, 0.2) is 71.6 Å². The van der Waals surface area contributed by atoms with E-state index in [0.29, 0.717) is 33.0 Å². The number of aliphatic carboxylic acids is 1. The Morgan fingerprint density at radius 2 is 1.78 bits per heavy atom. The maximum atomic E-state index is 14.1. The molecule has 1 N–H and O–H groups in total. The molecule has 0 saturated carbocycles. The number of nitrogens with zero attached hydrogens (tertiary/aromatic N) is 2. The van der Waals surface area contributed by atoms with E-state index in [9.17, 15) is 18.3 Å². The number of aryl methyl sites for hydroxylation is 1. The Bertz CT molecular complexity index is 1670. The van der Waals surface area contributed by atoms with Gasteiger partial charge in [0.15, 0.2) is 0 Å². The van der Waals surface area contributed by atoms with E-state index < -0.39 is 28.1 Å². The Kier molecular flexibility index (Phi) is 13.9. The van der Waals surface area contributed by atoms with Gasteiger partial charge in [-0.2, -0.15) is 4.31 Å². The number of rotatable bonds is 18. The van der Waals surface area contributed by atoms with Crippen molar-refractivity contribution in [1.82, 2.24) is 4.31 Å². The Balaban J connectivity index is 1.41. The van der Waals surface area contributed by atoms with Crippen LogP contribution >= 0.6 is 0 Å². The second-order valence-electron chi connectivity index (χ2n) is 13.3. The van der Waals surface area contributed by atoms with E-state index in [1.165, 1.54) is 4.31 Å². The van der Waals surface area contributed by atoms with Crippen LogP contribution in [0.2, 0.25) is 0 Å². The molecule has 2 aliphatic rings. The van der Waals surface area contributed by atoms with E-state index >= 15 is 0 Å². The van der Waals surface area contributed by atoms with Gasteiger partial charge in [0.1, 0.15) is 12.4 Å². The van der Waals surface area contributed by atoms with Crippen molar-refractivity contribution in [2.24, 2.45) is 0 Å². The third kappa shape index (κ3) is 10.3. The molecule has 3 aromatic rings. The van der Waals surface area contributed by atoms with Crippen molar-refractivity contribution in [3.63, 3.8) is 0 Å². The number of fused-ring (bicyclic) bond motifs is 1. The molecule has 11 nitrogen and oxygen atoms in total. The van der Waals surface area contributed by atoms with Crippen molar-refractivity contribution in [2.75, 3.05) is 58.1 Å². The minimum absolute atomic E-state index is 0.00101. The monoisotopic (exact) mass is 724 g/mol. The Morgan fingerprint density at radius 3 is 2.49 bits per heavy atom. The van der Waals surface area contributed by atoms with Crippen LogP contribution in [0.4, 0.5) is 5.69 Å². The molecule has 0 radical (unpaired) electrons. The smallest absolute Gasteiger partial charge is 0.304 e.